The fourth-order valence-electron chi connectivity index (χ4n) is 2.49. The highest BCUT2D eigenvalue weighted by molar-refractivity contribution is 5.75. The van der Waals surface area contributed by atoms with Gasteiger partial charge in [-0.2, -0.15) is 0 Å². The van der Waals surface area contributed by atoms with Gasteiger partial charge in [-0.25, -0.2) is 0 Å². The molecule has 0 aromatic carbocycles. The zero-order valence-corrected chi connectivity index (χ0v) is 11.3. The average Bonchev–Trinajstić information content (AvgIpc) is 2.26. The van der Waals surface area contributed by atoms with Gasteiger partial charge in [-0.05, 0) is 31.7 Å². The summed E-state index contributed by atoms with van der Waals surface area (Å²) in [5.74, 6) is 0.254. The Morgan fingerprint density at radius 3 is 2.82 bits per heavy atom. The minimum Gasteiger partial charge on any atom is -0.378 e. The number of carbonyl (C=O) groups is 1. The van der Waals surface area contributed by atoms with Crippen molar-refractivity contribution >= 4 is 5.91 Å². The predicted molar refractivity (Wildman–Crippen MR) is 68.6 cm³/mol. The quantitative estimate of drug-likeness (QED) is 0.740. The second-order valence-corrected chi connectivity index (χ2v) is 5.46. The van der Waals surface area contributed by atoms with Crippen LogP contribution in [-0.2, 0) is 9.53 Å². The second kappa shape index (κ2) is 6.36. The van der Waals surface area contributed by atoms with E-state index in [0.717, 1.165) is 25.8 Å². The topological polar surface area (TPSA) is 64.3 Å². The molecule has 3 N–H and O–H groups in total. The van der Waals surface area contributed by atoms with Crippen LogP contribution >= 0.6 is 0 Å². The lowest BCUT2D eigenvalue weighted by atomic mass is 9.80. The van der Waals surface area contributed by atoms with E-state index in [1.807, 2.05) is 0 Å². The molecule has 0 spiro atoms. The number of rotatable bonds is 6. The Bertz CT molecular complexity index is 256. The summed E-state index contributed by atoms with van der Waals surface area (Å²) in [6.45, 7) is 8.09. The van der Waals surface area contributed by atoms with Gasteiger partial charge in [0.05, 0.1) is 6.10 Å². The number of nitrogens with two attached hydrogens (primary N) is 1. The number of ether oxygens (including phenoxy) is 1. The molecule has 1 heterocycles. The van der Waals surface area contributed by atoms with Crippen LogP contribution in [0.15, 0.2) is 0 Å². The van der Waals surface area contributed by atoms with Crippen molar-refractivity contribution < 1.29 is 9.53 Å². The molecular formula is C13H26N2O2. The first-order valence-corrected chi connectivity index (χ1v) is 6.64. The molecule has 2 unspecified atom stereocenters. The number of nitrogens with one attached hydrogen (secondary N) is 1. The minimum absolute atomic E-state index is 0.144. The molecule has 1 aliphatic rings. The molecule has 0 aromatic heterocycles. The van der Waals surface area contributed by atoms with Crippen molar-refractivity contribution in [2.24, 2.45) is 11.7 Å². The summed E-state index contributed by atoms with van der Waals surface area (Å²) < 4.78 is 5.76. The van der Waals surface area contributed by atoms with Crippen molar-refractivity contribution in [3.05, 3.63) is 0 Å². The summed E-state index contributed by atoms with van der Waals surface area (Å²) in [5.41, 5.74) is 5.24. The van der Waals surface area contributed by atoms with Gasteiger partial charge in [0.1, 0.15) is 0 Å². The van der Waals surface area contributed by atoms with Gasteiger partial charge in [-0.15, -0.1) is 0 Å². The maximum atomic E-state index is 11.3. The van der Waals surface area contributed by atoms with Gasteiger partial charge in [0.2, 0.25) is 5.91 Å². The van der Waals surface area contributed by atoms with E-state index in [4.69, 9.17) is 10.5 Å². The van der Waals surface area contributed by atoms with Crippen molar-refractivity contribution in [2.75, 3.05) is 13.2 Å². The minimum atomic E-state index is -0.224. The fraction of sp³-hybridized carbons (Fsp3) is 0.923. The van der Waals surface area contributed by atoms with Crippen LogP contribution in [0.2, 0.25) is 0 Å². The molecule has 0 saturated carbocycles. The first-order valence-electron chi connectivity index (χ1n) is 6.64. The van der Waals surface area contributed by atoms with Gasteiger partial charge in [-0.3, -0.25) is 4.79 Å². The number of amides is 1. The van der Waals surface area contributed by atoms with Crippen molar-refractivity contribution in [2.45, 2.75) is 58.1 Å². The average molecular weight is 242 g/mol. The normalized spacial score (nSPS) is 29.5. The van der Waals surface area contributed by atoms with Gasteiger partial charge in [0, 0.05) is 18.6 Å². The third-order valence-electron chi connectivity index (χ3n) is 3.51. The van der Waals surface area contributed by atoms with E-state index in [-0.39, 0.29) is 17.6 Å². The summed E-state index contributed by atoms with van der Waals surface area (Å²) in [4.78, 5) is 11.3. The maximum Gasteiger partial charge on any atom is 0.219 e. The molecule has 1 saturated heterocycles. The zero-order chi connectivity index (χ0) is 12.9. The molecule has 1 amide bonds. The van der Waals surface area contributed by atoms with Crippen LogP contribution in [0.3, 0.4) is 0 Å². The summed E-state index contributed by atoms with van der Waals surface area (Å²) >= 11 is 0. The van der Waals surface area contributed by atoms with Crippen molar-refractivity contribution in [1.82, 2.24) is 5.32 Å². The monoisotopic (exact) mass is 242 g/mol. The molecule has 1 rings (SSSR count). The largest absolute Gasteiger partial charge is 0.378 e. The van der Waals surface area contributed by atoms with Crippen LogP contribution in [0.25, 0.3) is 0 Å². The zero-order valence-electron chi connectivity index (χ0n) is 11.3. The molecular weight excluding hydrogens is 216 g/mol. The lowest BCUT2D eigenvalue weighted by molar-refractivity contribution is -0.122. The smallest absolute Gasteiger partial charge is 0.219 e. The molecule has 4 nitrogen and oxygen atoms in total. The Balaban J connectivity index is 2.70. The van der Waals surface area contributed by atoms with E-state index in [1.165, 1.54) is 0 Å². The Hall–Kier alpha value is -0.610. The molecule has 0 bridgehead atoms. The van der Waals surface area contributed by atoms with Crippen molar-refractivity contribution in [1.29, 1.82) is 0 Å². The highest BCUT2D eigenvalue weighted by Crippen LogP contribution is 2.31. The molecule has 0 aromatic rings. The summed E-state index contributed by atoms with van der Waals surface area (Å²) in [5, 5.41) is 3.52. The van der Waals surface area contributed by atoms with Crippen molar-refractivity contribution in [3.8, 4) is 0 Å². The summed E-state index contributed by atoms with van der Waals surface area (Å²) in [6, 6.07) is 0. The summed E-state index contributed by atoms with van der Waals surface area (Å²) in [7, 11) is 0. The molecule has 1 fully saturated rings. The van der Waals surface area contributed by atoms with Crippen LogP contribution in [-0.4, -0.2) is 30.7 Å². The standard InChI is InChI=1S/C13H26N2O2/c1-4-6-15-13(9-12(14)16)5-7-17-11(8-13)10(2)3/h10-11,15H,4-9H2,1-3H3,(H2,14,16). The van der Waals surface area contributed by atoms with E-state index >= 15 is 0 Å². The fourth-order valence-corrected chi connectivity index (χ4v) is 2.49. The lowest BCUT2D eigenvalue weighted by Gasteiger charge is -2.42. The highest BCUT2D eigenvalue weighted by Gasteiger charge is 2.38. The van der Waals surface area contributed by atoms with Gasteiger partial charge >= 0.3 is 0 Å². The van der Waals surface area contributed by atoms with Crippen LogP contribution in [0.4, 0.5) is 0 Å². The molecule has 1 aliphatic heterocycles. The summed E-state index contributed by atoms with van der Waals surface area (Å²) in [6.07, 6.45) is 3.47. The van der Waals surface area contributed by atoms with Gasteiger partial charge in [0.25, 0.3) is 0 Å². The van der Waals surface area contributed by atoms with E-state index < -0.39 is 0 Å². The Labute approximate surface area is 104 Å². The molecule has 4 heteroatoms. The number of primary amides is 1. The third kappa shape index (κ3) is 4.28. The van der Waals surface area contributed by atoms with Crippen molar-refractivity contribution in [3.63, 3.8) is 0 Å². The van der Waals surface area contributed by atoms with Crippen LogP contribution in [0, 0.1) is 5.92 Å². The van der Waals surface area contributed by atoms with Gasteiger partial charge in [-0.1, -0.05) is 20.8 Å². The predicted octanol–water partition coefficient (Wildman–Crippen LogP) is 1.44. The number of hydrogen-bond acceptors (Lipinski definition) is 3. The Morgan fingerprint density at radius 2 is 2.29 bits per heavy atom. The first-order chi connectivity index (χ1) is 7.99. The SMILES string of the molecule is CCCNC1(CC(N)=O)CCOC(C(C)C)C1. The van der Waals surface area contributed by atoms with E-state index in [9.17, 15) is 4.79 Å². The molecule has 17 heavy (non-hydrogen) atoms. The van der Waals surface area contributed by atoms with E-state index in [2.05, 4.69) is 26.1 Å². The van der Waals surface area contributed by atoms with E-state index in [0.29, 0.717) is 18.9 Å². The van der Waals surface area contributed by atoms with Gasteiger partial charge < -0.3 is 15.8 Å². The number of hydrogen-bond donors (Lipinski definition) is 2. The van der Waals surface area contributed by atoms with Crippen LogP contribution in [0.1, 0.15) is 46.5 Å². The van der Waals surface area contributed by atoms with Crippen LogP contribution < -0.4 is 11.1 Å². The molecule has 100 valence electrons. The van der Waals surface area contributed by atoms with Gasteiger partial charge in [0.15, 0.2) is 0 Å². The molecule has 0 radical (unpaired) electrons. The molecule has 2 atom stereocenters. The second-order valence-electron chi connectivity index (χ2n) is 5.46. The molecule has 0 aliphatic carbocycles. The number of carbonyl (C=O) groups excluding carboxylic acids is 1. The van der Waals surface area contributed by atoms with Crippen LogP contribution in [0.5, 0.6) is 0 Å². The van der Waals surface area contributed by atoms with E-state index in [1.54, 1.807) is 0 Å². The third-order valence-corrected chi connectivity index (χ3v) is 3.51. The maximum absolute atomic E-state index is 11.3. The first kappa shape index (κ1) is 14.5. The highest BCUT2D eigenvalue weighted by atomic mass is 16.5. The Morgan fingerprint density at radius 1 is 1.59 bits per heavy atom. The Kier molecular flexibility index (Phi) is 5.40. The lowest BCUT2D eigenvalue weighted by Crippen LogP contribution is -2.54.